The van der Waals surface area contributed by atoms with E-state index in [1.54, 1.807) is 56.6 Å². The fourth-order valence-electron chi connectivity index (χ4n) is 2.85. The van der Waals surface area contributed by atoms with E-state index < -0.39 is 17.1 Å². The molecule has 0 radical (unpaired) electrons. The number of rotatable bonds is 9. The SMILES string of the molecule is CC(C)OC(=O)OCOc1ccccc1C(Nc1ncccn1)c1ccc([N+](=O)[O-])cc1. The van der Waals surface area contributed by atoms with E-state index in [4.69, 9.17) is 14.2 Å². The van der Waals surface area contributed by atoms with Crippen molar-refractivity contribution in [2.75, 3.05) is 12.1 Å². The number of nitro groups is 1. The maximum Gasteiger partial charge on any atom is 0.511 e. The average Bonchev–Trinajstić information content (AvgIpc) is 2.78. The molecule has 0 saturated carbocycles. The van der Waals surface area contributed by atoms with Crippen LogP contribution in [0.5, 0.6) is 5.75 Å². The molecule has 1 unspecified atom stereocenters. The van der Waals surface area contributed by atoms with Crippen LogP contribution in [0.15, 0.2) is 67.0 Å². The van der Waals surface area contributed by atoms with Crippen LogP contribution >= 0.6 is 0 Å². The monoisotopic (exact) mass is 438 g/mol. The Morgan fingerprint density at radius 3 is 2.41 bits per heavy atom. The zero-order valence-corrected chi connectivity index (χ0v) is 17.5. The highest BCUT2D eigenvalue weighted by Crippen LogP contribution is 2.33. The third-order valence-corrected chi connectivity index (χ3v) is 4.23. The highest BCUT2D eigenvalue weighted by molar-refractivity contribution is 5.60. The molecule has 166 valence electrons. The summed E-state index contributed by atoms with van der Waals surface area (Å²) in [5, 5.41) is 14.3. The average molecular weight is 438 g/mol. The van der Waals surface area contributed by atoms with Gasteiger partial charge in [0, 0.05) is 30.1 Å². The molecular weight excluding hydrogens is 416 g/mol. The number of aromatic nitrogens is 2. The Hall–Kier alpha value is -4.21. The van der Waals surface area contributed by atoms with Crippen molar-refractivity contribution in [2.45, 2.75) is 26.0 Å². The lowest BCUT2D eigenvalue weighted by Gasteiger charge is -2.22. The normalized spacial score (nSPS) is 11.5. The van der Waals surface area contributed by atoms with Gasteiger partial charge in [0.05, 0.1) is 17.1 Å². The minimum Gasteiger partial charge on any atom is -0.457 e. The molecule has 2 aromatic carbocycles. The lowest BCUT2D eigenvalue weighted by atomic mass is 9.97. The van der Waals surface area contributed by atoms with Gasteiger partial charge in [0.2, 0.25) is 12.7 Å². The zero-order valence-electron chi connectivity index (χ0n) is 17.5. The van der Waals surface area contributed by atoms with E-state index in [9.17, 15) is 14.9 Å². The van der Waals surface area contributed by atoms with Crippen molar-refractivity contribution in [3.05, 3.63) is 88.2 Å². The van der Waals surface area contributed by atoms with Crippen molar-refractivity contribution in [1.82, 2.24) is 9.97 Å². The summed E-state index contributed by atoms with van der Waals surface area (Å²) in [6.45, 7) is 3.07. The number of hydrogen-bond acceptors (Lipinski definition) is 9. The predicted molar refractivity (Wildman–Crippen MR) is 115 cm³/mol. The number of benzene rings is 2. The first kappa shape index (κ1) is 22.5. The third kappa shape index (κ3) is 6.14. The lowest BCUT2D eigenvalue weighted by Crippen LogP contribution is -2.18. The first-order valence-corrected chi connectivity index (χ1v) is 9.77. The van der Waals surface area contributed by atoms with Crippen LogP contribution in [0.4, 0.5) is 16.4 Å². The number of ether oxygens (including phenoxy) is 3. The lowest BCUT2D eigenvalue weighted by molar-refractivity contribution is -0.384. The molecule has 0 aliphatic rings. The van der Waals surface area contributed by atoms with Crippen molar-refractivity contribution < 1.29 is 23.9 Å². The summed E-state index contributed by atoms with van der Waals surface area (Å²) < 4.78 is 15.6. The number of carbonyl (C=O) groups is 1. The Morgan fingerprint density at radius 2 is 1.75 bits per heavy atom. The van der Waals surface area contributed by atoms with Crippen molar-refractivity contribution >= 4 is 17.8 Å². The fraction of sp³-hybridized carbons (Fsp3) is 0.227. The van der Waals surface area contributed by atoms with Crippen molar-refractivity contribution in [2.24, 2.45) is 0 Å². The maximum absolute atomic E-state index is 11.6. The van der Waals surface area contributed by atoms with Crippen molar-refractivity contribution in [3.63, 3.8) is 0 Å². The molecule has 0 amide bonds. The van der Waals surface area contributed by atoms with Crippen molar-refractivity contribution in [1.29, 1.82) is 0 Å². The van der Waals surface area contributed by atoms with Gasteiger partial charge in [-0.1, -0.05) is 18.2 Å². The van der Waals surface area contributed by atoms with Gasteiger partial charge in [-0.25, -0.2) is 14.8 Å². The minimum atomic E-state index is -0.833. The van der Waals surface area contributed by atoms with Gasteiger partial charge in [0.15, 0.2) is 0 Å². The van der Waals surface area contributed by atoms with Gasteiger partial charge in [-0.15, -0.1) is 0 Å². The first-order chi connectivity index (χ1) is 15.4. The van der Waals surface area contributed by atoms with Gasteiger partial charge in [-0.05, 0) is 43.7 Å². The van der Waals surface area contributed by atoms with Crippen LogP contribution in [0.3, 0.4) is 0 Å². The second kappa shape index (κ2) is 10.7. The first-order valence-electron chi connectivity index (χ1n) is 9.77. The highest BCUT2D eigenvalue weighted by Gasteiger charge is 2.21. The van der Waals surface area contributed by atoms with E-state index in [2.05, 4.69) is 15.3 Å². The number of hydrogen-bond donors (Lipinski definition) is 1. The molecular formula is C22H22N4O6. The van der Waals surface area contributed by atoms with Gasteiger partial charge in [-0.3, -0.25) is 10.1 Å². The van der Waals surface area contributed by atoms with Gasteiger partial charge >= 0.3 is 6.16 Å². The fourth-order valence-corrected chi connectivity index (χ4v) is 2.85. The summed E-state index contributed by atoms with van der Waals surface area (Å²) >= 11 is 0. The third-order valence-electron chi connectivity index (χ3n) is 4.23. The van der Waals surface area contributed by atoms with Crippen LogP contribution in [0.2, 0.25) is 0 Å². The summed E-state index contributed by atoms with van der Waals surface area (Å²) in [6, 6.07) is 14.5. The number of nitro benzene ring substituents is 1. The second-order valence-electron chi connectivity index (χ2n) is 6.86. The zero-order chi connectivity index (χ0) is 22.9. The Kier molecular flexibility index (Phi) is 7.52. The van der Waals surface area contributed by atoms with E-state index >= 15 is 0 Å². The quantitative estimate of drug-likeness (QED) is 0.223. The van der Waals surface area contributed by atoms with E-state index in [1.165, 1.54) is 12.1 Å². The number of nitrogens with one attached hydrogen (secondary N) is 1. The number of nitrogens with zero attached hydrogens (tertiary/aromatic N) is 3. The van der Waals surface area contributed by atoms with Gasteiger partial charge in [0.25, 0.3) is 5.69 Å². The molecule has 0 aliphatic heterocycles. The summed E-state index contributed by atoms with van der Waals surface area (Å²) in [4.78, 5) is 30.6. The molecule has 1 heterocycles. The standard InChI is InChI=1S/C22H22N4O6/c1-15(2)32-22(27)31-14-30-19-7-4-3-6-18(19)20(25-21-23-12-5-13-24-21)16-8-10-17(11-9-16)26(28)29/h3-13,15,20H,14H2,1-2H3,(H,23,24,25). The van der Waals surface area contributed by atoms with Crippen LogP contribution in [0.1, 0.15) is 31.0 Å². The van der Waals surface area contributed by atoms with Crippen molar-refractivity contribution in [3.8, 4) is 5.75 Å². The molecule has 32 heavy (non-hydrogen) atoms. The summed E-state index contributed by atoms with van der Waals surface area (Å²) in [5.41, 5.74) is 1.39. The number of carbonyl (C=O) groups excluding carboxylic acids is 1. The summed E-state index contributed by atoms with van der Waals surface area (Å²) in [6.07, 6.45) is 2.05. The minimum absolute atomic E-state index is 0.0231. The van der Waals surface area contributed by atoms with E-state index in [-0.39, 0.29) is 18.6 Å². The van der Waals surface area contributed by atoms with Gasteiger partial charge in [0.1, 0.15) is 5.75 Å². The molecule has 0 spiro atoms. The Balaban J connectivity index is 1.87. The number of non-ortho nitro benzene ring substituents is 1. The van der Waals surface area contributed by atoms with Gasteiger partial charge in [-0.2, -0.15) is 0 Å². The molecule has 3 aromatic rings. The molecule has 1 atom stereocenters. The van der Waals surface area contributed by atoms with E-state index in [0.29, 0.717) is 17.3 Å². The van der Waals surface area contributed by atoms with Crippen LogP contribution in [-0.2, 0) is 9.47 Å². The largest absolute Gasteiger partial charge is 0.511 e. The number of anilines is 1. The van der Waals surface area contributed by atoms with Crippen LogP contribution < -0.4 is 10.1 Å². The maximum atomic E-state index is 11.6. The second-order valence-corrected chi connectivity index (χ2v) is 6.86. The topological polar surface area (TPSA) is 126 Å². The summed E-state index contributed by atoms with van der Waals surface area (Å²) in [7, 11) is 0. The summed E-state index contributed by atoms with van der Waals surface area (Å²) in [5.74, 6) is 0.805. The van der Waals surface area contributed by atoms with Crippen LogP contribution in [0.25, 0.3) is 0 Å². The molecule has 0 saturated heterocycles. The molecule has 1 N–H and O–H groups in total. The van der Waals surface area contributed by atoms with E-state index in [1.807, 2.05) is 12.1 Å². The molecule has 1 aromatic heterocycles. The Labute approximate surface area is 184 Å². The van der Waals surface area contributed by atoms with Gasteiger partial charge < -0.3 is 19.5 Å². The Bertz CT molecular complexity index is 1040. The van der Waals surface area contributed by atoms with E-state index in [0.717, 1.165) is 5.56 Å². The molecule has 0 bridgehead atoms. The molecule has 10 heteroatoms. The smallest absolute Gasteiger partial charge is 0.457 e. The molecule has 0 fully saturated rings. The molecule has 0 aliphatic carbocycles. The van der Waals surface area contributed by atoms with Crippen LogP contribution in [-0.4, -0.2) is 33.9 Å². The molecule has 3 rings (SSSR count). The Morgan fingerprint density at radius 1 is 1.06 bits per heavy atom. The number of para-hydroxylation sites is 1. The predicted octanol–water partition coefficient (Wildman–Crippen LogP) is 4.48. The highest BCUT2D eigenvalue weighted by atomic mass is 16.8. The molecule has 10 nitrogen and oxygen atoms in total. The van der Waals surface area contributed by atoms with Crippen LogP contribution in [0, 0.1) is 10.1 Å².